The van der Waals surface area contributed by atoms with E-state index in [1.807, 2.05) is 18.2 Å². The van der Waals surface area contributed by atoms with Crippen LogP contribution in [0.25, 0.3) is 0 Å². The van der Waals surface area contributed by atoms with Crippen molar-refractivity contribution in [1.82, 2.24) is 14.8 Å². The Kier molecular flexibility index (Phi) is 2.80. The molecule has 18 heavy (non-hydrogen) atoms. The largest absolute Gasteiger partial charge is 0.411 e. The SMILES string of the molecule is O/N=C1\c2ccccc2CCC1Cn1cncn1. The highest BCUT2D eigenvalue weighted by Crippen LogP contribution is 2.27. The fourth-order valence-corrected chi connectivity index (χ4v) is 2.54. The van der Waals surface area contributed by atoms with Crippen LogP contribution < -0.4 is 0 Å². The lowest BCUT2D eigenvalue weighted by Crippen LogP contribution is -2.27. The molecular weight excluding hydrogens is 228 g/mol. The average Bonchev–Trinajstić information content (AvgIpc) is 2.91. The third kappa shape index (κ3) is 1.88. The van der Waals surface area contributed by atoms with Crippen LogP contribution >= 0.6 is 0 Å². The molecule has 1 aromatic carbocycles. The summed E-state index contributed by atoms with van der Waals surface area (Å²) in [4.78, 5) is 3.93. The zero-order valence-electron chi connectivity index (χ0n) is 9.90. The predicted molar refractivity (Wildman–Crippen MR) is 66.6 cm³/mol. The summed E-state index contributed by atoms with van der Waals surface area (Å²) < 4.78 is 1.78. The first-order valence-corrected chi connectivity index (χ1v) is 6.01. The van der Waals surface area contributed by atoms with Crippen LogP contribution in [0.3, 0.4) is 0 Å². The molecule has 0 aliphatic heterocycles. The summed E-state index contributed by atoms with van der Waals surface area (Å²) in [6.45, 7) is 0.702. The van der Waals surface area contributed by atoms with Gasteiger partial charge in [0.15, 0.2) is 0 Å². The van der Waals surface area contributed by atoms with Crippen molar-refractivity contribution in [1.29, 1.82) is 0 Å². The quantitative estimate of drug-likeness (QED) is 0.644. The molecule has 3 rings (SSSR count). The van der Waals surface area contributed by atoms with Crippen molar-refractivity contribution in [2.75, 3.05) is 0 Å². The third-order valence-corrected chi connectivity index (χ3v) is 3.42. The van der Waals surface area contributed by atoms with Gasteiger partial charge in [-0.1, -0.05) is 29.4 Å². The summed E-state index contributed by atoms with van der Waals surface area (Å²) >= 11 is 0. The molecule has 2 aromatic rings. The molecular formula is C13H14N4O. The fraction of sp³-hybridized carbons (Fsp3) is 0.308. The van der Waals surface area contributed by atoms with E-state index in [0.717, 1.165) is 24.1 Å². The third-order valence-electron chi connectivity index (χ3n) is 3.42. The van der Waals surface area contributed by atoms with Crippen molar-refractivity contribution in [3.8, 4) is 0 Å². The van der Waals surface area contributed by atoms with Gasteiger partial charge in [-0.2, -0.15) is 5.10 Å². The van der Waals surface area contributed by atoms with Gasteiger partial charge in [-0.15, -0.1) is 0 Å². The number of hydrogen-bond donors (Lipinski definition) is 1. The molecule has 0 radical (unpaired) electrons. The van der Waals surface area contributed by atoms with Crippen molar-refractivity contribution < 1.29 is 5.21 Å². The second-order valence-corrected chi connectivity index (χ2v) is 4.50. The molecule has 0 bridgehead atoms. The van der Waals surface area contributed by atoms with Gasteiger partial charge in [0.25, 0.3) is 0 Å². The molecule has 1 unspecified atom stereocenters. The second kappa shape index (κ2) is 4.60. The Morgan fingerprint density at radius 1 is 1.39 bits per heavy atom. The molecule has 5 heteroatoms. The van der Waals surface area contributed by atoms with E-state index in [4.69, 9.17) is 0 Å². The van der Waals surface area contributed by atoms with E-state index in [1.165, 1.54) is 11.9 Å². The zero-order valence-corrected chi connectivity index (χ0v) is 9.90. The van der Waals surface area contributed by atoms with Gasteiger partial charge in [0.1, 0.15) is 12.7 Å². The number of hydrogen-bond acceptors (Lipinski definition) is 4. The first kappa shape index (κ1) is 11.0. The maximum absolute atomic E-state index is 9.28. The van der Waals surface area contributed by atoms with Gasteiger partial charge in [-0.05, 0) is 18.4 Å². The Bertz CT molecular complexity index is 562. The van der Waals surface area contributed by atoms with Crippen molar-refractivity contribution >= 4 is 5.71 Å². The van der Waals surface area contributed by atoms with Gasteiger partial charge < -0.3 is 5.21 Å². The summed E-state index contributed by atoms with van der Waals surface area (Å²) in [5, 5.41) is 16.9. The van der Waals surface area contributed by atoms with Crippen LogP contribution in [-0.4, -0.2) is 25.7 Å². The predicted octanol–water partition coefficient (Wildman–Crippen LogP) is 1.72. The molecule has 0 saturated heterocycles. The van der Waals surface area contributed by atoms with Crippen LogP contribution in [0.15, 0.2) is 42.1 Å². The lowest BCUT2D eigenvalue weighted by atomic mass is 9.82. The van der Waals surface area contributed by atoms with Crippen molar-refractivity contribution in [3.05, 3.63) is 48.0 Å². The van der Waals surface area contributed by atoms with Gasteiger partial charge in [0.2, 0.25) is 0 Å². The minimum absolute atomic E-state index is 0.187. The molecule has 1 aliphatic carbocycles. The van der Waals surface area contributed by atoms with Gasteiger partial charge in [-0.25, -0.2) is 4.98 Å². The smallest absolute Gasteiger partial charge is 0.137 e. The number of aromatic nitrogens is 3. The Morgan fingerprint density at radius 2 is 2.28 bits per heavy atom. The molecule has 92 valence electrons. The Hall–Kier alpha value is -2.17. The van der Waals surface area contributed by atoms with Gasteiger partial charge in [0, 0.05) is 11.5 Å². The van der Waals surface area contributed by atoms with E-state index in [9.17, 15) is 5.21 Å². The molecule has 1 aromatic heterocycles. The fourth-order valence-electron chi connectivity index (χ4n) is 2.54. The van der Waals surface area contributed by atoms with E-state index in [0.29, 0.717) is 6.54 Å². The van der Waals surface area contributed by atoms with E-state index in [1.54, 1.807) is 11.0 Å². The zero-order chi connectivity index (χ0) is 12.4. The monoisotopic (exact) mass is 242 g/mol. The van der Waals surface area contributed by atoms with Crippen LogP contribution in [0.4, 0.5) is 0 Å². The van der Waals surface area contributed by atoms with Crippen molar-refractivity contribution in [2.45, 2.75) is 19.4 Å². The summed E-state index contributed by atoms with van der Waals surface area (Å²) in [6, 6.07) is 8.09. The standard InChI is InChI=1S/C13H14N4O/c18-16-13-11(7-17-9-14-8-15-17)6-5-10-3-1-2-4-12(10)13/h1-4,8-9,11,18H,5-7H2/b16-13-. The number of oxime groups is 1. The summed E-state index contributed by atoms with van der Waals surface area (Å²) in [7, 11) is 0. The van der Waals surface area contributed by atoms with Gasteiger partial charge >= 0.3 is 0 Å². The first-order chi connectivity index (χ1) is 8.88. The highest BCUT2D eigenvalue weighted by atomic mass is 16.4. The number of aryl methyl sites for hydroxylation is 1. The molecule has 0 spiro atoms. The Balaban J connectivity index is 1.90. The van der Waals surface area contributed by atoms with Crippen LogP contribution in [-0.2, 0) is 13.0 Å². The second-order valence-electron chi connectivity index (χ2n) is 4.50. The molecule has 0 fully saturated rings. The van der Waals surface area contributed by atoms with Crippen LogP contribution in [0, 0.1) is 5.92 Å². The Morgan fingerprint density at radius 3 is 3.06 bits per heavy atom. The molecule has 0 amide bonds. The summed E-state index contributed by atoms with van der Waals surface area (Å²) in [5.74, 6) is 0.187. The van der Waals surface area contributed by atoms with Gasteiger partial charge in [0.05, 0.1) is 12.3 Å². The topological polar surface area (TPSA) is 63.3 Å². The highest BCUT2D eigenvalue weighted by Gasteiger charge is 2.26. The summed E-state index contributed by atoms with van der Waals surface area (Å²) in [5.41, 5.74) is 3.06. The first-order valence-electron chi connectivity index (χ1n) is 6.01. The van der Waals surface area contributed by atoms with E-state index < -0.39 is 0 Å². The minimum Gasteiger partial charge on any atom is -0.411 e. The van der Waals surface area contributed by atoms with Crippen LogP contribution in [0.2, 0.25) is 0 Å². The minimum atomic E-state index is 0.187. The number of fused-ring (bicyclic) bond motifs is 1. The number of rotatable bonds is 2. The van der Waals surface area contributed by atoms with Crippen LogP contribution in [0.5, 0.6) is 0 Å². The van der Waals surface area contributed by atoms with Crippen molar-refractivity contribution in [2.24, 2.45) is 11.1 Å². The van der Waals surface area contributed by atoms with E-state index in [-0.39, 0.29) is 5.92 Å². The van der Waals surface area contributed by atoms with Gasteiger partial charge in [-0.3, -0.25) is 4.68 Å². The molecule has 1 atom stereocenters. The molecule has 1 aliphatic rings. The molecule has 0 saturated carbocycles. The molecule has 1 heterocycles. The average molecular weight is 242 g/mol. The normalized spacial score (nSPS) is 20.9. The molecule has 1 N–H and O–H groups in total. The maximum Gasteiger partial charge on any atom is 0.137 e. The Labute approximate surface area is 105 Å². The number of benzene rings is 1. The highest BCUT2D eigenvalue weighted by molar-refractivity contribution is 6.03. The lowest BCUT2D eigenvalue weighted by molar-refractivity contribution is 0.311. The van der Waals surface area contributed by atoms with E-state index in [2.05, 4.69) is 21.3 Å². The maximum atomic E-state index is 9.28. The summed E-state index contributed by atoms with van der Waals surface area (Å²) in [6.07, 6.45) is 5.19. The van der Waals surface area contributed by atoms with Crippen LogP contribution in [0.1, 0.15) is 17.5 Å². The lowest BCUT2D eigenvalue weighted by Gasteiger charge is -2.25. The molecule has 5 nitrogen and oxygen atoms in total. The van der Waals surface area contributed by atoms with E-state index >= 15 is 0 Å². The number of nitrogens with zero attached hydrogens (tertiary/aromatic N) is 4. The van der Waals surface area contributed by atoms with Crippen molar-refractivity contribution in [3.63, 3.8) is 0 Å².